The van der Waals surface area contributed by atoms with Crippen LogP contribution >= 0.6 is 0 Å². The van der Waals surface area contributed by atoms with E-state index in [1.165, 1.54) is 0 Å². The molecule has 0 saturated heterocycles. The molecule has 1 heteroatoms. The monoisotopic (exact) mass is 124 g/mol. The van der Waals surface area contributed by atoms with Crippen LogP contribution in [0.2, 0.25) is 0 Å². The number of hydrogen-bond acceptors (Lipinski definition) is 1. The number of Topliss-reactive ketones (excluding diaryl/α,β-unsaturated/α-hetero) is 1. The van der Waals surface area contributed by atoms with Gasteiger partial charge in [-0.25, -0.2) is 0 Å². The molecule has 1 nitrogen and oxygen atoms in total. The van der Waals surface area contributed by atoms with Crippen LogP contribution in [-0.2, 0) is 4.79 Å². The standard InChI is InChI=1S/C8H12O/c1-2-4-7-5-3-6-8(7)9/h2,4,7H,3,5-6H2,1H3. The molecule has 0 aliphatic heterocycles. The first-order chi connectivity index (χ1) is 4.34. The number of allylic oxidation sites excluding steroid dienone is 2. The van der Waals surface area contributed by atoms with Gasteiger partial charge in [-0.2, -0.15) is 0 Å². The maximum Gasteiger partial charge on any atom is 0.139 e. The third kappa shape index (κ3) is 1.41. The van der Waals surface area contributed by atoms with E-state index in [2.05, 4.69) is 0 Å². The lowest BCUT2D eigenvalue weighted by molar-refractivity contribution is -0.119. The molecule has 0 heterocycles. The molecule has 0 aromatic heterocycles. The lowest BCUT2D eigenvalue weighted by Gasteiger charge is -1.95. The van der Waals surface area contributed by atoms with Crippen LogP contribution in [0.25, 0.3) is 0 Å². The van der Waals surface area contributed by atoms with E-state index < -0.39 is 0 Å². The van der Waals surface area contributed by atoms with Gasteiger partial charge in [-0.15, -0.1) is 0 Å². The molecule has 0 amide bonds. The summed E-state index contributed by atoms with van der Waals surface area (Å²) in [6.45, 7) is 1.96. The Morgan fingerprint density at radius 1 is 1.67 bits per heavy atom. The summed E-state index contributed by atoms with van der Waals surface area (Å²) >= 11 is 0. The van der Waals surface area contributed by atoms with Gasteiger partial charge in [0.25, 0.3) is 0 Å². The highest BCUT2D eigenvalue weighted by Gasteiger charge is 2.20. The van der Waals surface area contributed by atoms with Gasteiger partial charge in [0.05, 0.1) is 0 Å². The van der Waals surface area contributed by atoms with Crippen molar-refractivity contribution in [1.29, 1.82) is 0 Å². The molecule has 9 heavy (non-hydrogen) atoms. The highest BCUT2D eigenvalue weighted by Crippen LogP contribution is 2.21. The van der Waals surface area contributed by atoms with Crippen molar-refractivity contribution < 1.29 is 4.79 Å². The summed E-state index contributed by atoms with van der Waals surface area (Å²) in [5, 5.41) is 0. The predicted octanol–water partition coefficient (Wildman–Crippen LogP) is 1.93. The lowest BCUT2D eigenvalue weighted by atomic mass is 10.1. The third-order valence-electron chi connectivity index (χ3n) is 1.78. The Labute approximate surface area is 55.8 Å². The van der Waals surface area contributed by atoms with Gasteiger partial charge in [0.2, 0.25) is 0 Å². The number of carbonyl (C=O) groups excluding carboxylic acids is 1. The number of ketones is 1. The van der Waals surface area contributed by atoms with E-state index >= 15 is 0 Å². The van der Waals surface area contributed by atoms with Gasteiger partial charge in [-0.05, 0) is 19.8 Å². The summed E-state index contributed by atoms with van der Waals surface area (Å²) in [6.07, 6.45) is 6.94. The molecule has 0 N–H and O–H groups in total. The van der Waals surface area contributed by atoms with Crippen molar-refractivity contribution in [3.8, 4) is 0 Å². The number of hydrogen-bond donors (Lipinski definition) is 0. The summed E-state index contributed by atoms with van der Waals surface area (Å²) in [5.41, 5.74) is 0. The van der Waals surface area contributed by atoms with E-state index in [-0.39, 0.29) is 5.92 Å². The smallest absolute Gasteiger partial charge is 0.139 e. The zero-order valence-electron chi connectivity index (χ0n) is 5.76. The first-order valence-corrected chi connectivity index (χ1v) is 3.50. The van der Waals surface area contributed by atoms with Crippen molar-refractivity contribution in [3.63, 3.8) is 0 Å². The van der Waals surface area contributed by atoms with Crippen LogP contribution in [0.15, 0.2) is 12.2 Å². The Balaban J connectivity index is 2.49. The molecule has 1 fully saturated rings. The SMILES string of the molecule is CC=CC1CCCC1=O. The fourth-order valence-corrected chi connectivity index (χ4v) is 1.28. The summed E-state index contributed by atoms with van der Waals surface area (Å²) < 4.78 is 0. The quantitative estimate of drug-likeness (QED) is 0.488. The van der Waals surface area contributed by atoms with Crippen LogP contribution in [0.4, 0.5) is 0 Å². The second-order valence-corrected chi connectivity index (χ2v) is 2.49. The van der Waals surface area contributed by atoms with Gasteiger partial charge >= 0.3 is 0 Å². The highest BCUT2D eigenvalue weighted by molar-refractivity contribution is 5.84. The van der Waals surface area contributed by atoms with Crippen molar-refractivity contribution in [2.24, 2.45) is 5.92 Å². The van der Waals surface area contributed by atoms with Crippen LogP contribution in [0.5, 0.6) is 0 Å². The molecule has 0 bridgehead atoms. The van der Waals surface area contributed by atoms with Crippen LogP contribution < -0.4 is 0 Å². The maximum absolute atomic E-state index is 10.9. The van der Waals surface area contributed by atoms with Gasteiger partial charge in [0.15, 0.2) is 0 Å². The largest absolute Gasteiger partial charge is 0.299 e. The summed E-state index contributed by atoms with van der Waals surface area (Å²) in [5.74, 6) is 0.683. The van der Waals surface area contributed by atoms with Gasteiger partial charge < -0.3 is 0 Å². The van der Waals surface area contributed by atoms with Gasteiger partial charge in [0.1, 0.15) is 5.78 Å². The minimum absolute atomic E-state index is 0.259. The molecule has 0 spiro atoms. The molecule has 1 aliphatic carbocycles. The molecular weight excluding hydrogens is 112 g/mol. The molecule has 0 radical (unpaired) electrons. The molecule has 1 saturated carbocycles. The van der Waals surface area contributed by atoms with Crippen LogP contribution in [0, 0.1) is 5.92 Å². The predicted molar refractivity (Wildman–Crippen MR) is 37.2 cm³/mol. The van der Waals surface area contributed by atoms with E-state index in [4.69, 9.17) is 0 Å². The minimum atomic E-state index is 0.259. The molecule has 0 aromatic carbocycles. The molecule has 0 aromatic rings. The van der Waals surface area contributed by atoms with E-state index in [0.717, 1.165) is 19.3 Å². The summed E-state index contributed by atoms with van der Waals surface area (Å²) in [4.78, 5) is 10.9. The van der Waals surface area contributed by atoms with Gasteiger partial charge in [0, 0.05) is 12.3 Å². The van der Waals surface area contributed by atoms with E-state index in [9.17, 15) is 4.79 Å². The third-order valence-corrected chi connectivity index (χ3v) is 1.78. The zero-order chi connectivity index (χ0) is 6.69. The first-order valence-electron chi connectivity index (χ1n) is 3.50. The second-order valence-electron chi connectivity index (χ2n) is 2.49. The number of rotatable bonds is 1. The normalized spacial score (nSPS) is 28.1. The van der Waals surface area contributed by atoms with Crippen molar-refractivity contribution in [3.05, 3.63) is 12.2 Å². The lowest BCUT2D eigenvalue weighted by Crippen LogP contribution is -2.01. The van der Waals surface area contributed by atoms with Crippen molar-refractivity contribution in [2.75, 3.05) is 0 Å². The molecule has 1 atom stereocenters. The average Bonchev–Trinajstić information content (AvgIpc) is 2.18. The fraction of sp³-hybridized carbons (Fsp3) is 0.625. The summed E-state index contributed by atoms with van der Waals surface area (Å²) in [6, 6.07) is 0. The zero-order valence-corrected chi connectivity index (χ0v) is 5.76. The number of carbonyl (C=O) groups is 1. The van der Waals surface area contributed by atoms with Crippen molar-refractivity contribution in [1.82, 2.24) is 0 Å². The second kappa shape index (κ2) is 2.81. The Morgan fingerprint density at radius 3 is 2.89 bits per heavy atom. The molecule has 1 aliphatic rings. The Bertz CT molecular complexity index is 136. The topological polar surface area (TPSA) is 17.1 Å². The Morgan fingerprint density at radius 2 is 2.44 bits per heavy atom. The molecule has 1 unspecified atom stereocenters. The summed E-state index contributed by atoms with van der Waals surface area (Å²) in [7, 11) is 0. The molecular formula is C8H12O. The molecule has 1 rings (SSSR count). The van der Waals surface area contributed by atoms with E-state index in [1.807, 2.05) is 19.1 Å². The van der Waals surface area contributed by atoms with Crippen molar-refractivity contribution in [2.45, 2.75) is 26.2 Å². The van der Waals surface area contributed by atoms with Crippen LogP contribution in [0.1, 0.15) is 26.2 Å². The van der Waals surface area contributed by atoms with Crippen molar-refractivity contribution >= 4 is 5.78 Å². The Kier molecular flexibility index (Phi) is 2.04. The van der Waals surface area contributed by atoms with Gasteiger partial charge in [-0.3, -0.25) is 4.79 Å². The highest BCUT2D eigenvalue weighted by atomic mass is 16.1. The maximum atomic E-state index is 10.9. The fourth-order valence-electron chi connectivity index (χ4n) is 1.28. The van der Waals surface area contributed by atoms with Gasteiger partial charge in [-0.1, -0.05) is 12.2 Å². The van der Waals surface area contributed by atoms with Crippen LogP contribution in [0.3, 0.4) is 0 Å². The minimum Gasteiger partial charge on any atom is -0.299 e. The average molecular weight is 124 g/mol. The van der Waals surface area contributed by atoms with E-state index in [0.29, 0.717) is 5.78 Å². The Hall–Kier alpha value is -0.590. The molecule has 50 valence electrons. The van der Waals surface area contributed by atoms with Crippen LogP contribution in [-0.4, -0.2) is 5.78 Å². The van der Waals surface area contributed by atoms with E-state index in [1.54, 1.807) is 0 Å². The first kappa shape index (κ1) is 6.53.